The predicted molar refractivity (Wildman–Crippen MR) is 122 cm³/mol. The van der Waals surface area contributed by atoms with Gasteiger partial charge in [0.25, 0.3) is 5.91 Å². The van der Waals surface area contributed by atoms with Gasteiger partial charge < -0.3 is 9.47 Å². The summed E-state index contributed by atoms with van der Waals surface area (Å²) in [5.41, 5.74) is 2.78. The molecule has 0 bridgehead atoms. The fourth-order valence-electron chi connectivity index (χ4n) is 2.87. The van der Waals surface area contributed by atoms with E-state index in [4.69, 9.17) is 21.7 Å². The van der Waals surface area contributed by atoms with Crippen LogP contribution in [0.15, 0.2) is 29.2 Å². The van der Waals surface area contributed by atoms with Gasteiger partial charge in [0.1, 0.15) is 0 Å². The molecular formula is C19H19IN2O3S2. The van der Waals surface area contributed by atoms with Crippen molar-refractivity contribution in [2.75, 3.05) is 18.7 Å². The van der Waals surface area contributed by atoms with Crippen LogP contribution in [0.25, 0.3) is 6.08 Å². The Morgan fingerprint density at radius 3 is 2.52 bits per heavy atom. The van der Waals surface area contributed by atoms with Gasteiger partial charge in [0.05, 0.1) is 22.2 Å². The summed E-state index contributed by atoms with van der Waals surface area (Å²) in [6, 6.07) is 7.77. The molecule has 5 nitrogen and oxygen atoms in total. The number of carbonyl (C=O) groups excluding carboxylic acids is 1. The Bertz CT molecular complexity index is 933. The van der Waals surface area contributed by atoms with E-state index in [1.807, 2.05) is 55.8 Å². The Balaban J connectivity index is 1.98. The number of ether oxygens (including phenoxy) is 2. The fraction of sp³-hybridized carbons (Fsp3) is 0.263. The zero-order chi connectivity index (χ0) is 19.7. The van der Waals surface area contributed by atoms with Crippen LogP contribution in [0.1, 0.15) is 23.9 Å². The van der Waals surface area contributed by atoms with Crippen LogP contribution in [0.2, 0.25) is 0 Å². The lowest BCUT2D eigenvalue weighted by Gasteiger charge is -2.20. The number of aromatic nitrogens is 1. The van der Waals surface area contributed by atoms with Gasteiger partial charge in [0.15, 0.2) is 15.8 Å². The highest BCUT2D eigenvalue weighted by atomic mass is 127. The summed E-state index contributed by atoms with van der Waals surface area (Å²) >= 11 is 8.98. The Kier molecular flexibility index (Phi) is 6.17. The molecule has 0 spiro atoms. The van der Waals surface area contributed by atoms with E-state index in [0.29, 0.717) is 27.3 Å². The van der Waals surface area contributed by atoms with Crippen molar-refractivity contribution in [1.29, 1.82) is 0 Å². The smallest absolute Gasteiger partial charge is 0.285 e. The zero-order valence-electron chi connectivity index (χ0n) is 15.4. The molecule has 8 heteroatoms. The van der Waals surface area contributed by atoms with Crippen LogP contribution in [0.3, 0.4) is 0 Å². The van der Waals surface area contributed by atoms with Crippen molar-refractivity contribution in [1.82, 2.24) is 4.68 Å². The third-order valence-corrected chi connectivity index (χ3v) is 6.13. The molecule has 3 rings (SSSR count). The highest BCUT2D eigenvalue weighted by Gasteiger charge is 2.34. The molecule has 1 fully saturated rings. The number of thiocarbonyl (C=S) groups is 1. The fourth-order valence-corrected chi connectivity index (χ4v) is 4.89. The highest BCUT2D eigenvalue weighted by Crippen LogP contribution is 2.37. The maximum absolute atomic E-state index is 13.0. The molecule has 2 aromatic rings. The lowest BCUT2D eigenvalue weighted by atomic mass is 10.2. The third-order valence-electron chi connectivity index (χ3n) is 4.05. The first-order chi connectivity index (χ1) is 12.9. The van der Waals surface area contributed by atoms with Crippen molar-refractivity contribution >= 4 is 62.9 Å². The molecule has 1 aromatic heterocycles. The number of rotatable bonds is 5. The Morgan fingerprint density at radius 2 is 1.93 bits per heavy atom. The molecule has 27 heavy (non-hydrogen) atoms. The minimum atomic E-state index is -0.129. The van der Waals surface area contributed by atoms with Gasteiger partial charge in [0, 0.05) is 11.4 Å². The minimum Gasteiger partial charge on any atom is -0.493 e. The number of halogens is 1. The van der Waals surface area contributed by atoms with Crippen LogP contribution in [0, 0.1) is 17.4 Å². The summed E-state index contributed by atoms with van der Waals surface area (Å²) in [6.07, 6.45) is 1.84. The molecule has 1 aliphatic heterocycles. The van der Waals surface area contributed by atoms with Gasteiger partial charge in [-0.25, -0.2) is 0 Å². The monoisotopic (exact) mass is 514 g/mol. The number of amides is 1. The summed E-state index contributed by atoms with van der Waals surface area (Å²) in [7, 11) is 1.61. The molecule has 142 valence electrons. The van der Waals surface area contributed by atoms with Crippen LogP contribution < -0.4 is 14.5 Å². The van der Waals surface area contributed by atoms with Crippen LogP contribution in [0.5, 0.6) is 11.5 Å². The predicted octanol–water partition coefficient (Wildman–Crippen LogP) is 4.65. The van der Waals surface area contributed by atoms with Crippen molar-refractivity contribution in [2.24, 2.45) is 0 Å². The number of hydrogen-bond acceptors (Lipinski definition) is 5. The van der Waals surface area contributed by atoms with Crippen molar-refractivity contribution in [3.05, 3.63) is 49.7 Å². The van der Waals surface area contributed by atoms with Crippen molar-refractivity contribution < 1.29 is 14.3 Å². The molecule has 2 heterocycles. The molecule has 1 saturated heterocycles. The second-order valence-electron chi connectivity index (χ2n) is 5.89. The maximum atomic E-state index is 13.0. The van der Waals surface area contributed by atoms with E-state index in [9.17, 15) is 4.79 Å². The highest BCUT2D eigenvalue weighted by molar-refractivity contribution is 14.1. The van der Waals surface area contributed by atoms with Crippen LogP contribution >= 0.6 is 46.6 Å². The molecule has 1 amide bonds. The molecule has 0 unspecified atom stereocenters. The Hall–Kier alpha value is -1.52. The van der Waals surface area contributed by atoms with Gasteiger partial charge >= 0.3 is 0 Å². The topological polar surface area (TPSA) is 43.7 Å². The lowest BCUT2D eigenvalue weighted by molar-refractivity contribution is -0.114. The lowest BCUT2D eigenvalue weighted by Crippen LogP contribution is -2.39. The normalized spacial score (nSPS) is 15.7. The van der Waals surface area contributed by atoms with Gasteiger partial charge in [-0.1, -0.05) is 11.8 Å². The van der Waals surface area contributed by atoms with Crippen molar-refractivity contribution in [2.45, 2.75) is 20.8 Å². The number of methoxy groups -OCH3 is 1. The average molecular weight is 514 g/mol. The molecule has 0 radical (unpaired) electrons. The van der Waals surface area contributed by atoms with Crippen LogP contribution in [-0.4, -0.2) is 28.6 Å². The molecule has 0 atom stereocenters. The summed E-state index contributed by atoms with van der Waals surface area (Å²) in [5, 5.41) is 1.55. The van der Waals surface area contributed by atoms with Gasteiger partial charge in [-0.15, -0.1) is 0 Å². The van der Waals surface area contributed by atoms with E-state index >= 15 is 0 Å². The van der Waals surface area contributed by atoms with E-state index in [1.165, 1.54) is 11.8 Å². The number of benzene rings is 1. The first-order valence-electron chi connectivity index (χ1n) is 8.30. The Morgan fingerprint density at radius 1 is 1.26 bits per heavy atom. The van der Waals surface area contributed by atoms with E-state index in [0.717, 1.165) is 20.5 Å². The zero-order valence-corrected chi connectivity index (χ0v) is 19.2. The third kappa shape index (κ3) is 3.88. The SMILES string of the molecule is CCOc1c(I)cc(/C=C2/SC(=S)N(n3c(C)ccc3C)C2=O)cc1OC. The van der Waals surface area contributed by atoms with E-state index in [-0.39, 0.29) is 5.91 Å². The number of nitrogens with zero attached hydrogens (tertiary/aromatic N) is 2. The second-order valence-corrected chi connectivity index (χ2v) is 8.73. The molecule has 0 aliphatic carbocycles. The number of carbonyl (C=O) groups is 1. The summed E-state index contributed by atoms with van der Waals surface area (Å²) in [6.45, 7) is 6.39. The molecule has 0 saturated carbocycles. The van der Waals surface area contributed by atoms with Gasteiger partial charge in [-0.3, -0.25) is 9.47 Å². The summed E-state index contributed by atoms with van der Waals surface area (Å²) in [4.78, 5) is 13.6. The quantitative estimate of drug-likeness (QED) is 0.330. The molecule has 1 aliphatic rings. The number of hydrogen-bond donors (Lipinski definition) is 0. The maximum Gasteiger partial charge on any atom is 0.285 e. The molecular weight excluding hydrogens is 495 g/mol. The van der Waals surface area contributed by atoms with E-state index in [1.54, 1.807) is 12.1 Å². The summed E-state index contributed by atoms with van der Waals surface area (Å²) < 4.78 is 14.4. The van der Waals surface area contributed by atoms with Crippen LogP contribution in [-0.2, 0) is 4.79 Å². The average Bonchev–Trinajstić information content (AvgIpc) is 3.08. The van der Waals surface area contributed by atoms with Crippen molar-refractivity contribution in [3.63, 3.8) is 0 Å². The van der Waals surface area contributed by atoms with Gasteiger partial charge in [0.2, 0.25) is 0 Å². The minimum absolute atomic E-state index is 0.129. The summed E-state index contributed by atoms with van der Waals surface area (Å²) in [5.74, 6) is 1.22. The number of aryl methyl sites for hydroxylation is 2. The second kappa shape index (κ2) is 8.24. The molecule has 0 N–H and O–H groups in total. The number of thioether (sulfide) groups is 1. The first-order valence-corrected chi connectivity index (χ1v) is 10.6. The Labute approximate surface area is 181 Å². The largest absolute Gasteiger partial charge is 0.493 e. The van der Waals surface area contributed by atoms with Gasteiger partial charge in [-0.2, -0.15) is 5.01 Å². The van der Waals surface area contributed by atoms with Crippen LogP contribution in [0.4, 0.5) is 0 Å². The standard InChI is InChI=1S/C19H19IN2O3S2/c1-5-25-17-14(20)8-13(9-15(17)24-4)10-16-18(23)22(19(26)27-16)21-11(2)6-7-12(21)3/h6-10H,5H2,1-4H3/b16-10+. The first kappa shape index (κ1) is 20.2. The van der Waals surface area contributed by atoms with E-state index < -0.39 is 0 Å². The van der Waals surface area contributed by atoms with E-state index in [2.05, 4.69) is 22.6 Å². The van der Waals surface area contributed by atoms with Gasteiger partial charge in [-0.05, 0) is 91.5 Å². The van der Waals surface area contributed by atoms with Crippen molar-refractivity contribution in [3.8, 4) is 11.5 Å². The molecule has 1 aromatic carbocycles.